The summed E-state index contributed by atoms with van der Waals surface area (Å²) in [6, 6.07) is 21.6. The van der Waals surface area contributed by atoms with E-state index >= 15 is 0 Å². The van der Waals surface area contributed by atoms with Crippen molar-refractivity contribution < 1.29 is 28.5 Å². The minimum absolute atomic E-state index is 0.0299. The largest absolute Gasteiger partial charge is 0.497 e. The molecule has 210 valence electrons. The van der Waals surface area contributed by atoms with Gasteiger partial charge in [-0.3, -0.25) is 4.79 Å². The van der Waals surface area contributed by atoms with Gasteiger partial charge in [-0.1, -0.05) is 30.3 Å². The summed E-state index contributed by atoms with van der Waals surface area (Å²) in [6.45, 7) is 3.63. The number of likely N-dealkylation sites (N-methyl/N-ethyl adjacent to an activating group) is 2. The lowest BCUT2D eigenvalue weighted by molar-refractivity contribution is -0.157. The number of carbonyl (C=O) groups is 2. The monoisotopic (exact) mass is 563 g/mol. The molecule has 40 heavy (non-hydrogen) atoms. The van der Waals surface area contributed by atoms with Crippen LogP contribution in [0, 0.1) is 0 Å². The third-order valence-electron chi connectivity index (χ3n) is 7.54. The molecule has 2 aliphatic rings. The number of nitrogens with zero attached hydrogens (tertiary/aromatic N) is 2. The molecule has 3 atom stereocenters. The van der Waals surface area contributed by atoms with Gasteiger partial charge in [-0.25, -0.2) is 9.28 Å². The second kappa shape index (κ2) is 11.9. The summed E-state index contributed by atoms with van der Waals surface area (Å²) in [4.78, 5) is 29.9. The van der Waals surface area contributed by atoms with Crippen LogP contribution in [-0.2, 0) is 20.7 Å². The number of hydrogen-bond acceptors (Lipinski definition) is 8. The lowest BCUT2D eigenvalue weighted by atomic mass is 10.0. The van der Waals surface area contributed by atoms with E-state index in [-0.39, 0.29) is 17.2 Å². The average Bonchev–Trinajstić information content (AvgIpc) is 3.41. The highest BCUT2D eigenvalue weighted by Crippen LogP contribution is 2.48. The van der Waals surface area contributed by atoms with Gasteiger partial charge in [0.2, 0.25) is 12.9 Å². The van der Waals surface area contributed by atoms with E-state index < -0.39 is 17.3 Å². The topological polar surface area (TPSA) is 74.3 Å². The fraction of sp³-hybridized carbons (Fsp3) is 0.355. The normalized spacial score (nSPS) is 21.6. The van der Waals surface area contributed by atoms with E-state index in [0.29, 0.717) is 13.1 Å². The quantitative estimate of drug-likeness (QED) is 0.271. The van der Waals surface area contributed by atoms with E-state index in [0.717, 1.165) is 46.4 Å². The summed E-state index contributed by atoms with van der Waals surface area (Å²) in [7, 11) is 5.61. The van der Waals surface area contributed by atoms with Crippen LogP contribution in [0.25, 0.3) is 0 Å². The first kappa shape index (κ1) is 28.0. The van der Waals surface area contributed by atoms with Crippen molar-refractivity contribution in [2.24, 2.45) is 0 Å². The number of fused-ring (bicyclic) bond motifs is 2. The van der Waals surface area contributed by atoms with Crippen molar-refractivity contribution >= 4 is 29.3 Å². The maximum Gasteiger partial charge on any atom is 0.361 e. The Morgan fingerprint density at radius 2 is 1.80 bits per heavy atom. The number of ether oxygens (including phenoxy) is 4. The van der Waals surface area contributed by atoms with Crippen molar-refractivity contribution in [1.29, 1.82) is 0 Å². The molecular weight excluding hydrogens is 528 g/mol. The summed E-state index contributed by atoms with van der Waals surface area (Å²) in [6.07, 6.45) is -0.112. The summed E-state index contributed by atoms with van der Waals surface area (Å²) in [5.74, 6) is 1.67. The molecule has 0 saturated heterocycles. The molecule has 5 rings (SSSR count). The van der Waals surface area contributed by atoms with Gasteiger partial charge in [0.25, 0.3) is 0 Å². The first-order valence-corrected chi connectivity index (χ1v) is 14.2. The van der Waals surface area contributed by atoms with Gasteiger partial charge in [0.1, 0.15) is 12.3 Å². The Labute approximate surface area is 239 Å². The molecule has 0 spiro atoms. The molecule has 3 aromatic carbocycles. The molecule has 2 heterocycles. The molecule has 0 aromatic heterocycles. The Kier molecular flexibility index (Phi) is 8.35. The zero-order chi connectivity index (χ0) is 28.3. The van der Waals surface area contributed by atoms with Crippen molar-refractivity contribution in [3.05, 3.63) is 77.9 Å². The minimum Gasteiger partial charge on any atom is -0.497 e. The third-order valence-corrected chi connectivity index (χ3v) is 8.91. The number of rotatable bonds is 9. The fourth-order valence-corrected chi connectivity index (χ4v) is 6.56. The molecule has 0 saturated carbocycles. The van der Waals surface area contributed by atoms with E-state index in [4.69, 9.17) is 18.9 Å². The second-order valence-electron chi connectivity index (χ2n) is 10.3. The molecule has 0 aliphatic carbocycles. The van der Waals surface area contributed by atoms with Gasteiger partial charge in [-0.15, -0.1) is 11.8 Å². The van der Waals surface area contributed by atoms with Gasteiger partial charge in [0.05, 0.1) is 24.3 Å². The zero-order valence-electron chi connectivity index (χ0n) is 23.3. The Balaban J connectivity index is 1.38. The number of hydrogen-bond donors (Lipinski definition) is 0. The number of methoxy groups -OCH3 is 1. The lowest BCUT2D eigenvalue weighted by Crippen LogP contribution is -2.58. The van der Waals surface area contributed by atoms with Crippen LogP contribution in [0.1, 0.15) is 23.3 Å². The van der Waals surface area contributed by atoms with Crippen LogP contribution in [0.5, 0.6) is 17.2 Å². The van der Waals surface area contributed by atoms with Gasteiger partial charge >= 0.3 is 11.9 Å². The van der Waals surface area contributed by atoms with Crippen LogP contribution in [0.4, 0.5) is 5.69 Å². The fourth-order valence-electron chi connectivity index (χ4n) is 5.15. The van der Waals surface area contributed by atoms with Crippen molar-refractivity contribution in [3.63, 3.8) is 0 Å². The number of carbonyl (C=O) groups excluding carboxylic acids is 2. The molecule has 0 unspecified atom stereocenters. The third kappa shape index (κ3) is 5.82. The molecule has 2 aliphatic heterocycles. The zero-order valence-corrected chi connectivity index (χ0v) is 24.1. The molecule has 3 aromatic rings. The van der Waals surface area contributed by atoms with E-state index in [9.17, 15) is 9.59 Å². The molecule has 1 amide bonds. The summed E-state index contributed by atoms with van der Waals surface area (Å²) < 4.78 is 22.1. The SMILES string of the molecule is COc1ccc([C@H]2Sc3ccccc3[N@@+](C)(CCN(C)CCc3ccc4c(c3)OCO4)C(=O)[C@H]2OC(C)=O)cc1. The van der Waals surface area contributed by atoms with Crippen molar-refractivity contribution in [3.8, 4) is 17.2 Å². The lowest BCUT2D eigenvalue weighted by Gasteiger charge is -2.34. The average molecular weight is 564 g/mol. The molecule has 0 N–H and O–H groups in total. The van der Waals surface area contributed by atoms with E-state index in [2.05, 4.69) is 18.0 Å². The van der Waals surface area contributed by atoms with E-state index in [1.54, 1.807) is 18.9 Å². The number of amides is 1. The van der Waals surface area contributed by atoms with Gasteiger partial charge in [0.15, 0.2) is 17.2 Å². The number of benzene rings is 3. The van der Waals surface area contributed by atoms with Gasteiger partial charge < -0.3 is 23.8 Å². The predicted octanol–water partition coefficient (Wildman–Crippen LogP) is 4.84. The van der Waals surface area contributed by atoms with Crippen molar-refractivity contribution in [2.75, 3.05) is 47.6 Å². The number of quaternary nitrogens is 1. The van der Waals surface area contributed by atoms with Crippen LogP contribution in [0.2, 0.25) is 0 Å². The highest BCUT2D eigenvalue weighted by Gasteiger charge is 2.50. The Hall–Kier alpha value is -3.53. The number of para-hydroxylation sites is 1. The molecule has 0 fully saturated rings. The highest BCUT2D eigenvalue weighted by atomic mass is 32.2. The standard InChI is InChI=1S/C31H35N2O6S/c1-21(34)39-29-30(23-10-12-24(36-4)13-11-23)40-28-8-6-5-7-25(28)33(3,31(29)35)18-17-32(2)16-15-22-9-14-26-27(19-22)38-20-37-26/h5-14,19,29-30H,15-18,20H2,1-4H3/q+1/t29-,30+,33+/m0/s1. The van der Waals surface area contributed by atoms with Gasteiger partial charge in [-0.2, -0.15) is 0 Å². The Morgan fingerprint density at radius 1 is 1.05 bits per heavy atom. The van der Waals surface area contributed by atoms with Crippen LogP contribution in [0.3, 0.4) is 0 Å². The van der Waals surface area contributed by atoms with Crippen molar-refractivity contribution in [1.82, 2.24) is 9.38 Å². The Morgan fingerprint density at radius 3 is 2.55 bits per heavy atom. The van der Waals surface area contributed by atoms with Crippen LogP contribution in [0.15, 0.2) is 71.6 Å². The van der Waals surface area contributed by atoms with E-state index in [1.165, 1.54) is 12.5 Å². The molecule has 9 heteroatoms. The summed E-state index contributed by atoms with van der Waals surface area (Å²) in [5, 5.41) is -0.396. The van der Waals surface area contributed by atoms with Crippen LogP contribution >= 0.6 is 11.8 Å². The van der Waals surface area contributed by atoms with Crippen molar-refractivity contribution in [2.45, 2.75) is 29.6 Å². The summed E-state index contributed by atoms with van der Waals surface area (Å²) in [5.41, 5.74) is 2.98. The predicted molar refractivity (Wildman–Crippen MR) is 155 cm³/mol. The number of thioether (sulfide) groups is 1. The summed E-state index contributed by atoms with van der Waals surface area (Å²) >= 11 is 1.56. The number of esters is 1. The maximum atomic E-state index is 14.4. The maximum absolute atomic E-state index is 14.4. The first-order valence-electron chi connectivity index (χ1n) is 13.3. The Bertz CT molecular complexity index is 1380. The smallest absolute Gasteiger partial charge is 0.361 e. The first-order chi connectivity index (χ1) is 19.3. The molecule has 8 nitrogen and oxygen atoms in total. The van der Waals surface area contributed by atoms with Gasteiger partial charge in [0, 0.05) is 26.1 Å². The molecular formula is C31H35N2O6S+. The van der Waals surface area contributed by atoms with Crippen LogP contribution < -0.4 is 18.7 Å². The molecule has 0 radical (unpaired) electrons. The van der Waals surface area contributed by atoms with Gasteiger partial charge in [-0.05, 0) is 54.9 Å². The van der Waals surface area contributed by atoms with E-state index in [1.807, 2.05) is 67.7 Å². The second-order valence-corrected chi connectivity index (χ2v) is 11.5. The molecule has 0 bridgehead atoms. The van der Waals surface area contributed by atoms with Crippen LogP contribution in [-0.4, -0.2) is 70.5 Å². The highest BCUT2D eigenvalue weighted by molar-refractivity contribution is 7.99. The minimum atomic E-state index is -0.952.